The molecule has 0 aromatic carbocycles. The highest BCUT2D eigenvalue weighted by molar-refractivity contribution is 8.00. The van der Waals surface area contributed by atoms with E-state index in [1.807, 2.05) is 40.2 Å². The van der Waals surface area contributed by atoms with Gasteiger partial charge in [-0.25, -0.2) is 0 Å². The van der Waals surface area contributed by atoms with Crippen LogP contribution in [0, 0.1) is 0 Å². The fourth-order valence-corrected chi connectivity index (χ4v) is 5.62. The van der Waals surface area contributed by atoms with Gasteiger partial charge in [-0.3, -0.25) is 58.0 Å². The summed E-state index contributed by atoms with van der Waals surface area (Å²) in [7, 11) is 0. The van der Waals surface area contributed by atoms with Crippen molar-refractivity contribution in [2.45, 2.75) is 76.7 Å². The molecule has 2 saturated heterocycles. The lowest BCUT2D eigenvalue weighted by Crippen LogP contribution is -2.31. The standard InChI is InChI=1S/2C8H13NO2S.2C7H9NO2/c2*1-3-4-9-7(10)5-6(12-2)8(9)11;2*1-2-5-8-6(9)3-4-7(8)10/h2*6H,3-5H2,1-2H3;2*3-4H,2,5H2,1H3. The van der Waals surface area contributed by atoms with Gasteiger partial charge in [0.25, 0.3) is 23.6 Å². The first-order chi connectivity index (χ1) is 20.9. The lowest BCUT2D eigenvalue weighted by molar-refractivity contribution is -0.139. The first-order valence-corrected chi connectivity index (χ1v) is 17.3. The number of imide groups is 4. The Hall–Kier alpha value is -3.26. The lowest BCUT2D eigenvalue weighted by Gasteiger charge is -2.12. The Morgan fingerprint density at radius 1 is 0.500 bits per heavy atom. The topological polar surface area (TPSA) is 150 Å². The molecule has 0 bridgehead atoms. The van der Waals surface area contributed by atoms with E-state index in [-0.39, 0.29) is 57.8 Å². The number of hydrogen-bond acceptors (Lipinski definition) is 10. The molecule has 0 aromatic rings. The fraction of sp³-hybridized carbons (Fsp3) is 0.600. The highest BCUT2D eigenvalue weighted by Crippen LogP contribution is 2.23. The second kappa shape index (κ2) is 19.9. The van der Waals surface area contributed by atoms with E-state index in [0.717, 1.165) is 25.7 Å². The number of nitrogens with zero attached hydrogens (tertiary/aromatic N) is 4. The Balaban J connectivity index is 0.000000294. The van der Waals surface area contributed by atoms with Gasteiger partial charge in [-0.2, -0.15) is 23.5 Å². The molecule has 0 radical (unpaired) electrons. The maximum atomic E-state index is 11.4. The molecule has 2 atom stereocenters. The van der Waals surface area contributed by atoms with Crippen LogP contribution in [-0.2, 0) is 38.4 Å². The van der Waals surface area contributed by atoms with Gasteiger partial charge in [0.05, 0.1) is 10.5 Å². The zero-order valence-electron chi connectivity index (χ0n) is 26.4. The highest BCUT2D eigenvalue weighted by atomic mass is 32.2. The van der Waals surface area contributed by atoms with Crippen molar-refractivity contribution in [1.82, 2.24) is 19.6 Å². The van der Waals surface area contributed by atoms with Gasteiger partial charge in [0.1, 0.15) is 0 Å². The van der Waals surface area contributed by atoms with E-state index in [1.165, 1.54) is 67.4 Å². The predicted octanol–water partition coefficient (Wildman–Crippen LogP) is 2.42. The van der Waals surface area contributed by atoms with Crippen molar-refractivity contribution in [1.29, 1.82) is 0 Å². The van der Waals surface area contributed by atoms with Crippen molar-refractivity contribution in [3.63, 3.8) is 0 Å². The molecule has 14 heteroatoms. The summed E-state index contributed by atoms with van der Waals surface area (Å²) in [4.78, 5) is 93.7. The number of amides is 8. The maximum absolute atomic E-state index is 11.4. The van der Waals surface area contributed by atoms with Crippen LogP contribution in [0.3, 0.4) is 0 Å². The first kappa shape index (κ1) is 38.8. The quantitative estimate of drug-likeness (QED) is 0.322. The Morgan fingerprint density at radius 3 is 0.955 bits per heavy atom. The van der Waals surface area contributed by atoms with Crippen LogP contribution in [0.5, 0.6) is 0 Å². The molecule has 8 amide bonds. The Kier molecular flexibility index (Phi) is 17.5. The van der Waals surface area contributed by atoms with E-state index in [1.54, 1.807) is 0 Å². The summed E-state index contributed by atoms with van der Waals surface area (Å²) in [6.45, 7) is 10.0. The summed E-state index contributed by atoms with van der Waals surface area (Å²) < 4.78 is 0. The molecule has 4 aliphatic rings. The summed E-state index contributed by atoms with van der Waals surface area (Å²) in [5, 5.41) is -0.243. The van der Waals surface area contributed by atoms with Crippen molar-refractivity contribution >= 4 is 70.8 Å². The Labute approximate surface area is 268 Å². The molecule has 0 saturated carbocycles. The third-order valence-electron chi connectivity index (χ3n) is 6.56. The number of hydrogen-bond donors (Lipinski definition) is 0. The Morgan fingerprint density at radius 2 is 0.750 bits per heavy atom. The molecule has 244 valence electrons. The second-order valence-electron chi connectivity index (χ2n) is 9.95. The molecule has 44 heavy (non-hydrogen) atoms. The van der Waals surface area contributed by atoms with Gasteiger partial charge in [0.15, 0.2) is 0 Å². The van der Waals surface area contributed by atoms with Crippen LogP contribution < -0.4 is 0 Å². The van der Waals surface area contributed by atoms with Gasteiger partial charge < -0.3 is 0 Å². The number of rotatable bonds is 10. The molecule has 0 N–H and O–H groups in total. The van der Waals surface area contributed by atoms with E-state index in [0.29, 0.717) is 39.0 Å². The lowest BCUT2D eigenvalue weighted by atomic mass is 10.4. The summed E-state index contributed by atoms with van der Waals surface area (Å²) >= 11 is 2.92. The van der Waals surface area contributed by atoms with Crippen LogP contribution in [0.1, 0.15) is 66.2 Å². The van der Waals surface area contributed by atoms with Crippen molar-refractivity contribution in [2.24, 2.45) is 0 Å². The van der Waals surface area contributed by atoms with Crippen molar-refractivity contribution in [3.8, 4) is 0 Å². The van der Waals surface area contributed by atoms with Crippen LogP contribution in [0.25, 0.3) is 0 Å². The van der Waals surface area contributed by atoms with Crippen molar-refractivity contribution in [2.75, 3.05) is 38.7 Å². The molecule has 4 aliphatic heterocycles. The molecule has 2 fully saturated rings. The second-order valence-corrected chi connectivity index (χ2v) is 12.0. The van der Waals surface area contributed by atoms with Crippen LogP contribution >= 0.6 is 23.5 Å². The summed E-state index contributed by atoms with van der Waals surface area (Å²) in [6, 6.07) is 0. The molecule has 4 rings (SSSR count). The molecule has 12 nitrogen and oxygen atoms in total. The molecular formula is C30H44N4O8S2. The van der Waals surface area contributed by atoms with Crippen LogP contribution in [0.2, 0.25) is 0 Å². The number of carbonyl (C=O) groups is 8. The van der Waals surface area contributed by atoms with Crippen molar-refractivity contribution in [3.05, 3.63) is 24.3 Å². The van der Waals surface area contributed by atoms with Gasteiger partial charge in [-0.1, -0.05) is 27.7 Å². The average Bonchev–Trinajstić information content (AvgIpc) is 3.68. The summed E-state index contributed by atoms with van der Waals surface area (Å²) in [5.74, 6) is -0.788. The minimum absolute atomic E-state index is 0.00523. The largest absolute Gasteiger partial charge is 0.282 e. The molecule has 4 heterocycles. The average molecular weight is 653 g/mol. The van der Waals surface area contributed by atoms with E-state index in [2.05, 4.69) is 0 Å². The predicted molar refractivity (Wildman–Crippen MR) is 170 cm³/mol. The minimum atomic E-state index is -0.188. The summed E-state index contributed by atoms with van der Waals surface area (Å²) in [5.41, 5.74) is 0. The van der Waals surface area contributed by atoms with E-state index >= 15 is 0 Å². The van der Waals surface area contributed by atoms with E-state index in [4.69, 9.17) is 0 Å². The smallest absolute Gasteiger partial charge is 0.253 e. The zero-order chi connectivity index (χ0) is 33.4. The normalized spacial score (nSPS) is 20.8. The summed E-state index contributed by atoms with van der Waals surface area (Å²) in [6.07, 6.45) is 13.1. The monoisotopic (exact) mass is 652 g/mol. The van der Waals surface area contributed by atoms with E-state index in [9.17, 15) is 38.4 Å². The van der Waals surface area contributed by atoms with Gasteiger partial charge in [0.2, 0.25) is 23.6 Å². The molecule has 0 spiro atoms. The van der Waals surface area contributed by atoms with Crippen LogP contribution in [0.4, 0.5) is 0 Å². The first-order valence-electron chi connectivity index (χ1n) is 14.7. The highest BCUT2D eigenvalue weighted by Gasteiger charge is 2.38. The molecule has 0 aliphatic carbocycles. The number of carbonyl (C=O) groups excluding carboxylic acids is 8. The van der Waals surface area contributed by atoms with Crippen LogP contribution in [-0.4, -0.2) is 116 Å². The number of likely N-dealkylation sites (tertiary alicyclic amines) is 2. The third-order valence-corrected chi connectivity index (χ3v) is 8.44. The minimum Gasteiger partial charge on any atom is -0.282 e. The van der Waals surface area contributed by atoms with Crippen LogP contribution in [0.15, 0.2) is 24.3 Å². The van der Waals surface area contributed by atoms with Gasteiger partial charge >= 0.3 is 0 Å². The van der Waals surface area contributed by atoms with E-state index < -0.39 is 0 Å². The van der Waals surface area contributed by atoms with Gasteiger partial charge in [0, 0.05) is 63.3 Å². The molecular weight excluding hydrogens is 608 g/mol. The Bertz CT molecular complexity index is 1030. The number of thioether (sulfide) groups is 2. The fourth-order valence-electron chi connectivity index (χ4n) is 4.34. The molecule has 2 unspecified atom stereocenters. The zero-order valence-corrected chi connectivity index (χ0v) is 28.0. The molecule has 0 aromatic heterocycles. The maximum Gasteiger partial charge on any atom is 0.253 e. The third kappa shape index (κ3) is 11.0. The van der Waals surface area contributed by atoms with Gasteiger partial charge in [-0.05, 0) is 38.2 Å². The van der Waals surface area contributed by atoms with Gasteiger partial charge in [-0.15, -0.1) is 0 Å². The SMILES string of the molecule is CCCN1C(=O)C=CC1=O.CCCN1C(=O)C=CC1=O.CCCN1C(=O)CC(SC)C1=O.CCCN1C(=O)CC(SC)C1=O. The van der Waals surface area contributed by atoms with Crippen molar-refractivity contribution < 1.29 is 38.4 Å².